The Morgan fingerprint density at radius 2 is 1.81 bits per heavy atom. The van der Waals surface area contributed by atoms with Crippen LogP contribution in [0.1, 0.15) is 48.8 Å². The molecule has 1 aromatic heterocycles. The van der Waals surface area contributed by atoms with Gasteiger partial charge in [-0.1, -0.05) is 31.2 Å². The summed E-state index contributed by atoms with van der Waals surface area (Å²) in [6, 6.07) is 8.56. The molecular formula is C17H21N3S. The summed E-state index contributed by atoms with van der Waals surface area (Å²) < 4.78 is 0. The lowest BCUT2D eigenvalue weighted by Crippen LogP contribution is -2.06. The lowest BCUT2D eigenvalue weighted by Gasteiger charge is -2.13. The van der Waals surface area contributed by atoms with Gasteiger partial charge < -0.3 is 5.73 Å². The van der Waals surface area contributed by atoms with E-state index >= 15 is 0 Å². The number of benzene rings is 1. The van der Waals surface area contributed by atoms with Crippen LogP contribution in [0.5, 0.6) is 0 Å². The average Bonchev–Trinajstić information content (AvgIpc) is 3.17. The first-order valence-corrected chi connectivity index (χ1v) is 7.85. The van der Waals surface area contributed by atoms with Gasteiger partial charge in [-0.25, -0.2) is 9.97 Å². The average molecular weight is 299 g/mol. The quantitative estimate of drug-likeness (QED) is 0.840. The number of aryl methyl sites for hydroxylation is 1. The SMILES string of the molecule is Cc1nc(-c2ccc(C3(C)CC3)cc2)nc(N)c1C(C)S. The van der Waals surface area contributed by atoms with Crippen molar-refractivity contribution in [1.82, 2.24) is 9.97 Å². The lowest BCUT2D eigenvalue weighted by molar-refractivity contribution is 0.788. The van der Waals surface area contributed by atoms with Crippen molar-refractivity contribution in [2.45, 2.75) is 44.3 Å². The third-order valence-electron chi connectivity index (χ3n) is 4.42. The van der Waals surface area contributed by atoms with Gasteiger partial charge in [0.15, 0.2) is 5.82 Å². The number of nitrogens with zero attached hydrogens (tertiary/aromatic N) is 2. The number of rotatable bonds is 3. The molecule has 21 heavy (non-hydrogen) atoms. The van der Waals surface area contributed by atoms with E-state index in [4.69, 9.17) is 5.73 Å². The highest BCUT2D eigenvalue weighted by atomic mass is 32.1. The van der Waals surface area contributed by atoms with Gasteiger partial charge in [-0.15, -0.1) is 0 Å². The minimum atomic E-state index is 0.0382. The summed E-state index contributed by atoms with van der Waals surface area (Å²) in [6.45, 7) is 6.25. The number of hydrogen-bond donors (Lipinski definition) is 2. The molecule has 0 radical (unpaired) electrons. The zero-order valence-corrected chi connectivity index (χ0v) is 13.6. The normalized spacial score (nSPS) is 17.5. The van der Waals surface area contributed by atoms with Gasteiger partial charge in [0.2, 0.25) is 0 Å². The third kappa shape index (κ3) is 2.64. The summed E-state index contributed by atoms with van der Waals surface area (Å²) >= 11 is 4.44. The van der Waals surface area contributed by atoms with Crippen molar-refractivity contribution < 1.29 is 0 Å². The zero-order chi connectivity index (χ0) is 15.2. The molecule has 1 atom stereocenters. The Morgan fingerprint density at radius 1 is 1.19 bits per heavy atom. The van der Waals surface area contributed by atoms with E-state index in [2.05, 4.69) is 53.8 Å². The van der Waals surface area contributed by atoms with Crippen LogP contribution in [-0.4, -0.2) is 9.97 Å². The minimum Gasteiger partial charge on any atom is -0.383 e. The number of nitrogens with two attached hydrogens (primary N) is 1. The molecule has 0 aliphatic heterocycles. The second-order valence-corrected chi connectivity index (χ2v) is 7.02. The Balaban J connectivity index is 1.97. The molecule has 1 fully saturated rings. The van der Waals surface area contributed by atoms with Gasteiger partial charge in [0.1, 0.15) is 5.82 Å². The molecule has 3 rings (SSSR count). The van der Waals surface area contributed by atoms with Crippen LogP contribution in [0.2, 0.25) is 0 Å². The van der Waals surface area contributed by atoms with Crippen LogP contribution in [0.15, 0.2) is 24.3 Å². The molecule has 1 unspecified atom stereocenters. The first-order valence-electron chi connectivity index (χ1n) is 7.34. The Bertz CT molecular complexity index is 650. The third-order valence-corrected chi connectivity index (χ3v) is 4.68. The van der Waals surface area contributed by atoms with Crippen molar-refractivity contribution in [3.63, 3.8) is 0 Å². The van der Waals surface area contributed by atoms with E-state index in [1.807, 2.05) is 13.8 Å². The van der Waals surface area contributed by atoms with Crippen molar-refractivity contribution in [2.24, 2.45) is 0 Å². The van der Waals surface area contributed by atoms with Gasteiger partial charge in [-0.3, -0.25) is 0 Å². The number of anilines is 1. The Kier molecular flexibility index (Phi) is 3.44. The summed E-state index contributed by atoms with van der Waals surface area (Å²) in [7, 11) is 0. The van der Waals surface area contributed by atoms with E-state index in [0.29, 0.717) is 17.1 Å². The number of nitrogen functional groups attached to an aromatic ring is 1. The van der Waals surface area contributed by atoms with Gasteiger partial charge in [-0.2, -0.15) is 12.6 Å². The van der Waals surface area contributed by atoms with Crippen LogP contribution in [0.4, 0.5) is 5.82 Å². The van der Waals surface area contributed by atoms with Crippen LogP contribution in [-0.2, 0) is 5.41 Å². The van der Waals surface area contributed by atoms with Gasteiger partial charge in [-0.05, 0) is 37.7 Å². The zero-order valence-electron chi connectivity index (χ0n) is 12.7. The minimum absolute atomic E-state index is 0.0382. The van der Waals surface area contributed by atoms with Crippen LogP contribution < -0.4 is 5.73 Å². The van der Waals surface area contributed by atoms with Crippen LogP contribution >= 0.6 is 12.6 Å². The van der Waals surface area contributed by atoms with Crippen LogP contribution in [0.25, 0.3) is 11.4 Å². The van der Waals surface area contributed by atoms with Gasteiger partial charge in [0.25, 0.3) is 0 Å². The van der Waals surface area contributed by atoms with Crippen LogP contribution in [0.3, 0.4) is 0 Å². The molecule has 1 aromatic carbocycles. The molecule has 1 saturated carbocycles. The van der Waals surface area contributed by atoms with E-state index in [1.165, 1.54) is 18.4 Å². The Morgan fingerprint density at radius 3 is 2.29 bits per heavy atom. The van der Waals surface area contributed by atoms with Crippen molar-refractivity contribution in [1.29, 1.82) is 0 Å². The first-order chi connectivity index (χ1) is 9.90. The molecule has 0 bridgehead atoms. The Hall–Kier alpha value is -1.55. The van der Waals surface area contributed by atoms with E-state index < -0.39 is 0 Å². The molecule has 1 aliphatic rings. The van der Waals surface area contributed by atoms with Crippen molar-refractivity contribution in [3.8, 4) is 11.4 Å². The van der Waals surface area contributed by atoms with Crippen molar-refractivity contribution >= 4 is 18.4 Å². The number of hydrogen-bond acceptors (Lipinski definition) is 4. The molecular weight excluding hydrogens is 278 g/mol. The van der Waals surface area contributed by atoms with Gasteiger partial charge in [0.05, 0.1) is 0 Å². The predicted molar refractivity (Wildman–Crippen MR) is 90.6 cm³/mol. The molecule has 0 spiro atoms. The molecule has 110 valence electrons. The fourth-order valence-electron chi connectivity index (χ4n) is 2.75. The molecule has 1 aliphatic carbocycles. The fraction of sp³-hybridized carbons (Fsp3) is 0.412. The van der Waals surface area contributed by atoms with E-state index in [1.54, 1.807) is 0 Å². The second kappa shape index (κ2) is 5.02. The maximum atomic E-state index is 6.07. The number of aromatic nitrogens is 2. The molecule has 3 nitrogen and oxygen atoms in total. The summed E-state index contributed by atoms with van der Waals surface area (Å²) in [4.78, 5) is 9.04. The van der Waals surface area contributed by atoms with Gasteiger partial charge >= 0.3 is 0 Å². The summed E-state index contributed by atoms with van der Waals surface area (Å²) in [6.07, 6.45) is 2.56. The molecule has 0 saturated heterocycles. The predicted octanol–water partition coefficient (Wildman–Crippen LogP) is 4.08. The largest absolute Gasteiger partial charge is 0.383 e. The molecule has 2 aromatic rings. The highest BCUT2D eigenvalue weighted by Crippen LogP contribution is 2.47. The maximum Gasteiger partial charge on any atom is 0.161 e. The van der Waals surface area contributed by atoms with E-state index in [9.17, 15) is 0 Å². The summed E-state index contributed by atoms with van der Waals surface area (Å²) in [5.41, 5.74) is 10.7. The smallest absolute Gasteiger partial charge is 0.161 e. The molecule has 4 heteroatoms. The monoisotopic (exact) mass is 299 g/mol. The molecule has 0 amide bonds. The maximum absolute atomic E-state index is 6.07. The van der Waals surface area contributed by atoms with E-state index in [0.717, 1.165) is 16.8 Å². The van der Waals surface area contributed by atoms with E-state index in [-0.39, 0.29) is 5.25 Å². The van der Waals surface area contributed by atoms with Crippen LogP contribution in [0, 0.1) is 6.92 Å². The van der Waals surface area contributed by atoms with Crippen molar-refractivity contribution in [2.75, 3.05) is 5.73 Å². The Labute approximate surface area is 131 Å². The topological polar surface area (TPSA) is 51.8 Å². The van der Waals surface area contributed by atoms with Gasteiger partial charge in [0, 0.05) is 22.1 Å². The fourth-order valence-corrected chi connectivity index (χ4v) is 3.07. The first kappa shape index (κ1) is 14.4. The highest BCUT2D eigenvalue weighted by Gasteiger charge is 2.38. The summed E-state index contributed by atoms with van der Waals surface area (Å²) in [5, 5.41) is 0.0382. The standard InChI is InChI=1S/C17H21N3S/c1-10-14(11(2)21)15(18)20-16(19-10)12-4-6-13(7-5-12)17(3)8-9-17/h4-7,11,21H,8-9H2,1-3H3,(H2,18,19,20). The highest BCUT2D eigenvalue weighted by molar-refractivity contribution is 7.80. The lowest BCUT2D eigenvalue weighted by atomic mass is 9.97. The summed E-state index contributed by atoms with van der Waals surface area (Å²) in [5.74, 6) is 1.22. The molecule has 2 N–H and O–H groups in total. The van der Waals surface area contributed by atoms with Crippen molar-refractivity contribution in [3.05, 3.63) is 41.1 Å². The number of thiol groups is 1. The second-order valence-electron chi connectivity index (χ2n) is 6.25. The molecule has 1 heterocycles.